The first-order valence-electron chi connectivity index (χ1n) is 11.7. The molecule has 4 rings (SSSR count). The average molecular weight is 463 g/mol. The van der Waals surface area contributed by atoms with Crippen LogP contribution in [0.3, 0.4) is 0 Å². The number of carbonyl (C=O) groups is 1. The van der Waals surface area contributed by atoms with Crippen LogP contribution in [0.1, 0.15) is 26.2 Å². The maximum atomic E-state index is 13.3. The van der Waals surface area contributed by atoms with Crippen LogP contribution in [0, 0.1) is 5.92 Å². The topological polar surface area (TPSA) is 83.9 Å². The zero-order valence-electron chi connectivity index (χ0n) is 18.8. The summed E-state index contributed by atoms with van der Waals surface area (Å²) < 4.78 is 35.5. The normalized spacial score (nSPS) is 21.1. The highest BCUT2D eigenvalue weighted by Gasteiger charge is 2.33. The van der Waals surface area contributed by atoms with E-state index in [2.05, 4.69) is 21.7 Å². The number of ether oxygens (including phenoxy) is 1. The van der Waals surface area contributed by atoms with Crippen molar-refractivity contribution in [1.29, 1.82) is 0 Å². The van der Waals surface area contributed by atoms with Crippen LogP contribution in [0.2, 0.25) is 0 Å². The monoisotopic (exact) mass is 462 g/mol. The summed E-state index contributed by atoms with van der Waals surface area (Å²) in [6, 6.07) is 7.24. The Bertz CT molecular complexity index is 1030. The first-order chi connectivity index (χ1) is 15.5. The number of rotatable bonds is 8. The number of sulfonamides is 1. The number of fused-ring (bicyclic) bond motifs is 1. The smallest absolute Gasteiger partial charge is 0.243 e. The fourth-order valence-corrected chi connectivity index (χ4v) is 6.18. The van der Waals surface area contributed by atoms with Gasteiger partial charge in [-0.25, -0.2) is 8.42 Å². The molecule has 2 saturated heterocycles. The number of amides is 1. The number of carbonyl (C=O) groups excluding carboxylic acids is 1. The van der Waals surface area contributed by atoms with Crippen LogP contribution >= 0.6 is 0 Å². The van der Waals surface area contributed by atoms with Gasteiger partial charge in [0.1, 0.15) is 0 Å². The second-order valence-corrected chi connectivity index (χ2v) is 10.6. The van der Waals surface area contributed by atoms with E-state index in [0.717, 1.165) is 63.1 Å². The van der Waals surface area contributed by atoms with Crippen molar-refractivity contribution in [3.63, 3.8) is 0 Å². The van der Waals surface area contributed by atoms with Crippen LogP contribution in [0.4, 0.5) is 0 Å². The lowest BCUT2D eigenvalue weighted by Crippen LogP contribution is -2.45. The van der Waals surface area contributed by atoms with E-state index in [4.69, 9.17) is 4.74 Å². The molecule has 1 N–H and O–H groups in total. The maximum absolute atomic E-state index is 13.3. The minimum absolute atomic E-state index is 0.0395. The summed E-state index contributed by atoms with van der Waals surface area (Å²) in [6.45, 7) is 8.59. The molecular formula is C23H34N4O4S. The lowest BCUT2D eigenvalue weighted by Gasteiger charge is -2.31. The molecule has 0 saturated carbocycles. The Balaban J connectivity index is 1.33. The van der Waals surface area contributed by atoms with Crippen molar-refractivity contribution in [2.45, 2.75) is 37.6 Å². The first-order valence-corrected chi connectivity index (χ1v) is 13.1. The molecule has 2 aliphatic heterocycles. The molecule has 1 amide bonds. The number of aromatic nitrogens is 1. The molecule has 0 unspecified atom stereocenters. The fourth-order valence-electron chi connectivity index (χ4n) is 4.62. The quantitative estimate of drug-likeness (QED) is 0.606. The Morgan fingerprint density at radius 1 is 1.19 bits per heavy atom. The maximum Gasteiger partial charge on any atom is 0.243 e. The van der Waals surface area contributed by atoms with Crippen LogP contribution < -0.4 is 5.32 Å². The Morgan fingerprint density at radius 2 is 2.00 bits per heavy atom. The standard InChI is InChI=1S/C23H34N4O4S/c1-2-26-12-8-19-17-21(6-7-22(19)26)32(29,30)27-11-3-5-20(18-27)23(28)24-9-4-10-25-13-15-31-16-14-25/h6-8,12,17,20H,2-5,9-11,13-16,18H2,1H3,(H,24,28)/t20-/m0/s1. The molecular weight excluding hydrogens is 428 g/mol. The number of nitrogens with one attached hydrogen (secondary N) is 1. The second-order valence-electron chi connectivity index (χ2n) is 8.62. The van der Waals surface area contributed by atoms with Crippen LogP contribution in [-0.4, -0.2) is 80.6 Å². The van der Waals surface area contributed by atoms with Crippen molar-refractivity contribution < 1.29 is 17.9 Å². The number of benzene rings is 1. The van der Waals surface area contributed by atoms with Gasteiger partial charge in [-0.1, -0.05) is 0 Å². The van der Waals surface area contributed by atoms with E-state index in [1.807, 2.05) is 18.3 Å². The Hall–Kier alpha value is -1.94. The molecule has 0 bridgehead atoms. The lowest BCUT2D eigenvalue weighted by atomic mass is 9.99. The molecule has 0 radical (unpaired) electrons. The van der Waals surface area contributed by atoms with Crippen molar-refractivity contribution in [3.8, 4) is 0 Å². The molecule has 176 valence electrons. The van der Waals surface area contributed by atoms with Crippen LogP contribution in [0.15, 0.2) is 35.4 Å². The first kappa shape index (κ1) is 23.2. The summed E-state index contributed by atoms with van der Waals surface area (Å²) in [4.78, 5) is 15.3. The molecule has 2 aromatic rings. The van der Waals surface area contributed by atoms with Gasteiger partial charge in [0.2, 0.25) is 15.9 Å². The highest BCUT2D eigenvalue weighted by molar-refractivity contribution is 7.89. The summed E-state index contributed by atoms with van der Waals surface area (Å²) in [5, 5.41) is 3.93. The van der Waals surface area contributed by atoms with Gasteiger partial charge >= 0.3 is 0 Å². The molecule has 9 heteroatoms. The van der Waals surface area contributed by atoms with Crippen LogP contribution in [0.5, 0.6) is 0 Å². The zero-order chi connectivity index (χ0) is 22.6. The van der Waals surface area contributed by atoms with E-state index in [1.54, 1.807) is 12.1 Å². The Kier molecular flexibility index (Phi) is 7.50. The molecule has 32 heavy (non-hydrogen) atoms. The highest BCUT2D eigenvalue weighted by Crippen LogP contribution is 2.27. The number of morpholine rings is 1. The van der Waals surface area contributed by atoms with Crippen molar-refractivity contribution in [2.24, 2.45) is 5.92 Å². The Morgan fingerprint density at radius 3 is 2.78 bits per heavy atom. The number of hydrogen-bond acceptors (Lipinski definition) is 5. The highest BCUT2D eigenvalue weighted by atomic mass is 32.2. The lowest BCUT2D eigenvalue weighted by molar-refractivity contribution is -0.126. The average Bonchev–Trinajstić information content (AvgIpc) is 3.25. The third-order valence-corrected chi connectivity index (χ3v) is 8.39. The number of nitrogens with zero attached hydrogens (tertiary/aromatic N) is 3. The molecule has 1 atom stereocenters. The van der Waals surface area contributed by atoms with Gasteiger partial charge in [-0.2, -0.15) is 4.31 Å². The third-order valence-electron chi connectivity index (χ3n) is 6.53. The van der Waals surface area contributed by atoms with E-state index in [-0.39, 0.29) is 18.4 Å². The molecule has 2 fully saturated rings. The number of piperidine rings is 1. The SMILES string of the molecule is CCn1ccc2cc(S(=O)(=O)N3CCC[C@H](C(=O)NCCCN4CCOCC4)C3)ccc21. The van der Waals surface area contributed by atoms with Crippen molar-refractivity contribution >= 4 is 26.8 Å². The molecule has 2 aliphatic rings. The van der Waals surface area contributed by atoms with Gasteiger partial charge < -0.3 is 14.6 Å². The summed E-state index contributed by atoms with van der Waals surface area (Å²) in [5.74, 6) is -0.339. The predicted molar refractivity (Wildman–Crippen MR) is 124 cm³/mol. The van der Waals surface area contributed by atoms with Gasteiger partial charge in [-0.15, -0.1) is 0 Å². The van der Waals surface area contributed by atoms with Crippen molar-refractivity contribution in [3.05, 3.63) is 30.5 Å². The summed E-state index contributed by atoms with van der Waals surface area (Å²) >= 11 is 0. The third kappa shape index (κ3) is 5.17. The summed E-state index contributed by atoms with van der Waals surface area (Å²) in [6.07, 6.45) is 4.28. The minimum Gasteiger partial charge on any atom is -0.379 e. The molecule has 8 nitrogen and oxygen atoms in total. The summed E-state index contributed by atoms with van der Waals surface area (Å²) in [5.41, 5.74) is 1.03. The fraction of sp³-hybridized carbons (Fsp3) is 0.609. The van der Waals surface area contributed by atoms with Gasteiger partial charge in [0.05, 0.1) is 24.0 Å². The van der Waals surface area contributed by atoms with Gasteiger partial charge in [-0.05, 0) is 57.0 Å². The number of aryl methyl sites for hydroxylation is 1. The van der Waals surface area contributed by atoms with E-state index >= 15 is 0 Å². The molecule has 1 aromatic carbocycles. The van der Waals surface area contributed by atoms with Crippen LogP contribution in [-0.2, 0) is 26.1 Å². The van der Waals surface area contributed by atoms with E-state index < -0.39 is 10.0 Å². The number of hydrogen-bond donors (Lipinski definition) is 1. The minimum atomic E-state index is -3.63. The molecule has 3 heterocycles. The van der Waals surface area contributed by atoms with Crippen molar-refractivity contribution in [2.75, 3.05) is 52.5 Å². The van der Waals surface area contributed by atoms with E-state index in [9.17, 15) is 13.2 Å². The molecule has 0 aliphatic carbocycles. The van der Waals surface area contributed by atoms with Gasteiger partial charge in [0.25, 0.3) is 0 Å². The van der Waals surface area contributed by atoms with Crippen LogP contribution in [0.25, 0.3) is 10.9 Å². The molecule has 1 aromatic heterocycles. The van der Waals surface area contributed by atoms with E-state index in [1.165, 1.54) is 4.31 Å². The van der Waals surface area contributed by atoms with Gasteiger partial charge in [0, 0.05) is 56.4 Å². The van der Waals surface area contributed by atoms with Crippen molar-refractivity contribution in [1.82, 2.24) is 19.1 Å². The van der Waals surface area contributed by atoms with E-state index in [0.29, 0.717) is 24.4 Å². The van der Waals surface area contributed by atoms with Gasteiger partial charge in [-0.3, -0.25) is 9.69 Å². The van der Waals surface area contributed by atoms with Gasteiger partial charge in [0.15, 0.2) is 0 Å². The predicted octanol–water partition coefficient (Wildman–Crippen LogP) is 1.90. The molecule has 0 spiro atoms. The Labute approximate surface area is 190 Å². The summed E-state index contributed by atoms with van der Waals surface area (Å²) in [7, 11) is -3.63. The zero-order valence-corrected chi connectivity index (χ0v) is 19.6. The second kappa shape index (κ2) is 10.3. The largest absolute Gasteiger partial charge is 0.379 e.